The van der Waals surface area contributed by atoms with Gasteiger partial charge in [-0.05, 0) is 42.2 Å². The molecule has 0 aliphatic carbocycles. The van der Waals surface area contributed by atoms with E-state index in [4.69, 9.17) is 10.1 Å². The van der Waals surface area contributed by atoms with E-state index in [0.29, 0.717) is 46.7 Å². The maximum atomic E-state index is 13.4. The van der Waals surface area contributed by atoms with Crippen LogP contribution in [0.1, 0.15) is 70.7 Å². The fourth-order valence-electron chi connectivity index (χ4n) is 4.35. The number of Topliss-reactive ketones (excluding diaryl/α,β-unsaturated/α-hetero) is 1. The highest BCUT2D eigenvalue weighted by atomic mass is 32.2. The molecule has 2 aromatic rings. The predicted molar refractivity (Wildman–Crippen MR) is 146 cm³/mol. The molecule has 1 aliphatic rings. The first kappa shape index (κ1) is 29.1. The van der Waals surface area contributed by atoms with Crippen LogP contribution in [0.25, 0.3) is 0 Å². The molecule has 1 amide bonds. The topological polar surface area (TPSA) is 149 Å². The summed E-state index contributed by atoms with van der Waals surface area (Å²) in [6.07, 6.45) is 1.11. The number of aromatic hydroxyl groups is 1. The molecule has 11 heteroatoms. The van der Waals surface area contributed by atoms with Crippen molar-refractivity contribution in [1.29, 1.82) is 5.41 Å². The molecule has 1 heterocycles. The van der Waals surface area contributed by atoms with Crippen molar-refractivity contribution < 1.29 is 27.9 Å². The second-order valence-electron chi connectivity index (χ2n) is 10.4. The molecule has 4 N–H and O–H groups in total. The fourth-order valence-corrected chi connectivity index (χ4v) is 4.82. The number of hydrogen-bond acceptors (Lipinski definition) is 8. The molecule has 0 saturated carbocycles. The first-order valence-electron chi connectivity index (χ1n) is 12.3. The van der Waals surface area contributed by atoms with E-state index < -0.39 is 15.3 Å². The quantitative estimate of drug-likeness (QED) is 0.334. The highest BCUT2D eigenvalue weighted by Gasteiger charge is 2.30. The first-order chi connectivity index (χ1) is 17.7. The van der Waals surface area contributed by atoms with Crippen LogP contribution in [0, 0.1) is 5.41 Å². The summed E-state index contributed by atoms with van der Waals surface area (Å²) in [5.41, 5.74) is 2.53. The van der Waals surface area contributed by atoms with Gasteiger partial charge in [0.2, 0.25) is 0 Å². The van der Waals surface area contributed by atoms with Crippen LogP contribution in [0.5, 0.6) is 11.5 Å². The number of nitrogens with zero attached hydrogens (tertiary/aromatic N) is 1. The van der Waals surface area contributed by atoms with E-state index in [2.05, 4.69) is 10.6 Å². The zero-order valence-electron chi connectivity index (χ0n) is 22.7. The Balaban J connectivity index is 1.90. The van der Waals surface area contributed by atoms with Gasteiger partial charge in [0.1, 0.15) is 17.3 Å². The average Bonchev–Trinajstić information content (AvgIpc) is 3.11. The second kappa shape index (κ2) is 11.1. The molecule has 0 bridgehead atoms. The van der Waals surface area contributed by atoms with Crippen LogP contribution in [0.2, 0.25) is 0 Å². The first-order valence-corrected chi connectivity index (χ1v) is 14.4. The summed E-state index contributed by atoms with van der Waals surface area (Å²) in [6.45, 7) is 8.22. The lowest BCUT2D eigenvalue weighted by Gasteiger charge is -2.24. The zero-order valence-corrected chi connectivity index (χ0v) is 23.5. The van der Waals surface area contributed by atoms with Gasteiger partial charge in [-0.2, -0.15) is 0 Å². The normalized spacial score (nSPS) is 13.4. The Hall–Kier alpha value is -3.44. The Kier molecular flexibility index (Phi) is 8.52. The Labute approximate surface area is 223 Å². The molecule has 38 heavy (non-hydrogen) atoms. The molecule has 0 spiro atoms. The van der Waals surface area contributed by atoms with Crippen molar-refractivity contribution in [3.8, 4) is 11.5 Å². The van der Waals surface area contributed by atoms with Crippen molar-refractivity contribution in [2.75, 3.05) is 32.3 Å². The van der Waals surface area contributed by atoms with E-state index in [9.17, 15) is 23.1 Å². The molecule has 0 unspecified atom stereocenters. The van der Waals surface area contributed by atoms with Crippen molar-refractivity contribution in [2.24, 2.45) is 0 Å². The maximum Gasteiger partial charge on any atom is 0.254 e. The number of benzene rings is 2. The van der Waals surface area contributed by atoms with Gasteiger partial charge in [-0.25, -0.2) is 8.42 Å². The number of ketones is 1. The van der Waals surface area contributed by atoms with E-state index in [1.54, 1.807) is 29.2 Å². The number of sulfone groups is 1. The van der Waals surface area contributed by atoms with Gasteiger partial charge in [-0.3, -0.25) is 20.3 Å². The van der Waals surface area contributed by atoms with Crippen LogP contribution in [-0.2, 0) is 28.3 Å². The molecule has 2 aromatic carbocycles. The van der Waals surface area contributed by atoms with Crippen LogP contribution >= 0.6 is 0 Å². The minimum atomic E-state index is -3.26. The van der Waals surface area contributed by atoms with Crippen LogP contribution in [0.3, 0.4) is 0 Å². The summed E-state index contributed by atoms with van der Waals surface area (Å²) in [6, 6.07) is 6.58. The Morgan fingerprint density at radius 3 is 2.45 bits per heavy atom. The number of carbonyl (C=O) groups excluding carboxylic acids is 2. The molecule has 1 aliphatic heterocycles. The third kappa shape index (κ3) is 6.51. The van der Waals surface area contributed by atoms with Crippen LogP contribution < -0.4 is 15.4 Å². The summed E-state index contributed by atoms with van der Waals surface area (Å²) >= 11 is 0. The van der Waals surface area contributed by atoms with E-state index in [-0.39, 0.29) is 42.2 Å². The lowest BCUT2D eigenvalue weighted by atomic mass is 9.83. The molecule has 0 radical (unpaired) electrons. The third-order valence-corrected chi connectivity index (χ3v) is 6.97. The van der Waals surface area contributed by atoms with Gasteiger partial charge < -0.3 is 20.1 Å². The van der Waals surface area contributed by atoms with Gasteiger partial charge in [0.25, 0.3) is 5.91 Å². The molecular formula is C27H36N4O6S. The zero-order chi connectivity index (χ0) is 28.4. The molecule has 206 valence electrons. The number of amides is 1. The summed E-state index contributed by atoms with van der Waals surface area (Å²) in [5, 5.41) is 24.9. The lowest BCUT2D eigenvalue weighted by Crippen LogP contribution is -2.30. The van der Waals surface area contributed by atoms with Gasteiger partial charge in [-0.1, -0.05) is 20.8 Å². The smallest absolute Gasteiger partial charge is 0.254 e. The molecule has 0 atom stereocenters. The summed E-state index contributed by atoms with van der Waals surface area (Å²) < 4.78 is 28.7. The summed E-state index contributed by atoms with van der Waals surface area (Å²) in [5.74, 6) is -0.275. The molecule has 0 saturated heterocycles. The summed E-state index contributed by atoms with van der Waals surface area (Å²) in [7, 11) is -1.74. The SMILES string of the molecule is CCOc1cc2c(cc1C(=O)NC)C(=N)N(CC(=O)c1cc(CNCS(C)(=O)=O)c(O)c(C(C)(C)C)c1)C2. The molecule has 0 fully saturated rings. The Morgan fingerprint density at radius 1 is 1.18 bits per heavy atom. The highest BCUT2D eigenvalue weighted by Crippen LogP contribution is 2.35. The minimum Gasteiger partial charge on any atom is -0.507 e. The monoisotopic (exact) mass is 544 g/mol. The lowest BCUT2D eigenvalue weighted by molar-refractivity contribution is 0.0953. The average molecular weight is 545 g/mol. The number of nitrogens with one attached hydrogen (secondary N) is 3. The standard InChI is InChI=1S/C27H36N4O6S/c1-7-37-23-10-18-13-31(25(28)19(18)11-20(23)26(34)29-5)14-22(32)16-8-17(12-30-15-38(6,35)36)24(33)21(9-16)27(2,3)4/h8-11,28,30,33H,7,12-15H2,1-6H3,(H,29,34). The van der Waals surface area contributed by atoms with Crippen LogP contribution in [0.4, 0.5) is 0 Å². The van der Waals surface area contributed by atoms with Gasteiger partial charge in [0.05, 0.1) is 24.6 Å². The van der Waals surface area contributed by atoms with E-state index in [1.807, 2.05) is 27.7 Å². The van der Waals surface area contributed by atoms with Gasteiger partial charge in [-0.15, -0.1) is 0 Å². The van der Waals surface area contributed by atoms with E-state index in [1.165, 1.54) is 7.05 Å². The van der Waals surface area contributed by atoms with E-state index >= 15 is 0 Å². The number of phenolic OH excluding ortho intramolecular Hbond substituents is 1. The Morgan fingerprint density at radius 2 is 1.87 bits per heavy atom. The van der Waals surface area contributed by atoms with E-state index in [0.717, 1.165) is 11.8 Å². The number of carbonyl (C=O) groups is 2. The largest absolute Gasteiger partial charge is 0.507 e. The molecule has 10 nitrogen and oxygen atoms in total. The van der Waals surface area contributed by atoms with Crippen molar-refractivity contribution in [3.63, 3.8) is 0 Å². The number of ether oxygens (including phenoxy) is 1. The van der Waals surface area contributed by atoms with Crippen LogP contribution in [0.15, 0.2) is 24.3 Å². The number of phenols is 1. The third-order valence-electron chi connectivity index (χ3n) is 6.24. The molecular weight excluding hydrogens is 508 g/mol. The van der Waals surface area contributed by atoms with Crippen molar-refractivity contribution in [1.82, 2.24) is 15.5 Å². The van der Waals surface area contributed by atoms with Crippen molar-refractivity contribution in [2.45, 2.75) is 46.2 Å². The Bertz CT molecular complexity index is 1380. The van der Waals surface area contributed by atoms with Crippen molar-refractivity contribution in [3.05, 3.63) is 57.6 Å². The highest BCUT2D eigenvalue weighted by molar-refractivity contribution is 7.90. The minimum absolute atomic E-state index is 0.0153. The number of hydrogen-bond donors (Lipinski definition) is 4. The van der Waals surface area contributed by atoms with Gasteiger partial charge in [0.15, 0.2) is 15.6 Å². The predicted octanol–water partition coefficient (Wildman–Crippen LogP) is 2.56. The second-order valence-corrected chi connectivity index (χ2v) is 12.6. The maximum absolute atomic E-state index is 13.4. The summed E-state index contributed by atoms with van der Waals surface area (Å²) in [4.78, 5) is 27.4. The number of amidine groups is 1. The van der Waals surface area contributed by atoms with Crippen molar-refractivity contribution >= 4 is 27.4 Å². The van der Waals surface area contributed by atoms with Gasteiger partial charge >= 0.3 is 0 Å². The van der Waals surface area contributed by atoms with Crippen LogP contribution in [-0.4, -0.2) is 68.3 Å². The molecule has 0 aromatic heterocycles. The number of fused-ring (bicyclic) bond motifs is 1. The van der Waals surface area contributed by atoms with Gasteiger partial charge in [0, 0.05) is 48.6 Å². The number of rotatable bonds is 10. The molecule has 3 rings (SSSR count). The fraction of sp³-hybridized carbons (Fsp3) is 0.444.